The van der Waals surface area contributed by atoms with E-state index in [2.05, 4.69) is 10.3 Å². The first kappa shape index (κ1) is 23.2. The SMILES string of the molecule is N#Cc1ccc2c(c1)Oc1nc(N3CCN(C(=O)c4ccccc4C(F)(F)F)CC3)ccc1C(=O)N2. The van der Waals surface area contributed by atoms with E-state index in [0.29, 0.717) is 30.2 Å². The monoisotopic (exact) mass is 493 g/mol. The molecule has 0 spiro atoms. The lowest BCUT2D eigenvalue weighted by molar-refractivity contribution is -0.138. The van der Waals surface area contributed by atoms with Gasteiger partial charge in [0.25, 0.3) is 11.8 Å². The van der Waals surface area contributed by atoms with Crippen LogP contribution in [0.25, 0.3) is 0 Å². The van der Waals surface area contributed by atoms with Crippen LogP contribution in [0.3, 0.4) is 0 Å². The van der Waals surface area contributed by atoms with Gasteiger partial charge in [0.05, 0.1) is 28.4 Å². The molecule has 2 aliphatic heterocycles. The van der Waals surface area contributed by atoms with Gasteiger partial charge in [0.1, 0.15) is 11.4 Å². The Bertz CT molecular complexity index is 1410. The summed E-state index contributed by atoms with van der Waals surface area (Å²) < 4.78 is 45.9. The van der Waals surface area contributed by atoms with Crippen molar-refractivity contribution in [3.63, 3.8) is 0 Å². The van der Waals surface area contributed by atoms with E-state index in [0.717, 1.165) is 6.07 Å². The Labute approximate surface area is 203 Å². The Morgan fingerprint density at radius 3 is 2.53 bits per heavy atom. The third-order valence-corrected chi connectivity index (χ3v) is 6.01. The van der Waals surface area contributed by atoms with Gasteiger partial charge in [0, 0.05) is 32.2 Å². The Morgan fingerprint density at radius 2 is 1.81 bits per heavy atom. The van der Waals surface area contributed by atoms with Crippen LogP contribution >= 0.6 is 0 Å². The molecule has 0 unspecified atom stereocenters. The molecule has 2 amide bonds. The number of aromatic nitrogens is 1. The number of hydrogen-bond donors (Lipinski definition) is 1. The summed E-state index contributed by atoms with van der Waals surface area (Å²) >= 11 is 0. The zero-order chi connectivity index (χ0) is 25.4. The number of amides is 2. The first-order chi connectivity index (χ1) is 17.2. The van der Waals surface area contributed by atoms with E-state index in [4.69, 9.17) is 10.00 Å². The van der Waals surface area contributed by atoms with Crippen LogP contribution in [0.2, 0.25) is 0 Å². The van der Waals surface area contributed by atoms with E-state index in [1.165, 1.54) is 29.2 Å². The lowest BCUT2D eigenvalue weighted by Crippen LogP contribution is -2.49. The van der Waals surface area contributed by atoms with Gasteiger partial charge in [-0.3, -0.25) is 9.59 Å². The van der Waals surface area contributed by atoms with Gasteiger partial charge in [-0.25, -0.2) is 0 Å². The van der Waals surface area contributed by atoms with Gasteiger partial charge in [-0.1, -0.05) is 12.1 Å². The average Bonchev–Trinajstić information content (AvgIpc) is 3.02. The van der Waals surface area contributed by atoms with E-state index in [-0.39, 0.29) is 35.8 Å². The minimum absolute atomic E-state index is 0.0662. The molecule has 0 bridgehead atoms. The van der Waals surface area contributed by atoms with Crippen molar-refractivity contribution in [3.8, 4) is 17.7 Å². The number of nitrogens with zero attached hydrogens (tertiary/aromatic N) is 4. The van der Waals surface area contributed by atoms with Crippen molar-refractivity contribution < 1.29 is 27.5 Å². The van der Waals surface area contributed by atoms with Gasteiger partial charge in [0.15, 0.2) is 5.75 Å². The Kier molecular flexibility index (Phi) is 5.72. The zero-order valence-corrected chi connectivity index (χ0v) is 18.7. The standard InChI is InChI=1S/C25H18F3N5O3/c26-25(27,28)18-4-2-1-3-16(18)24(35)33-11-9-32(10-12-33)21-8-6-17-22(34)30-19-7-5-15(14-29)13-20(19)36-23(17)31-21/h1-8,13H,9-12H2,(H,30,34). The fourth-order valence-corrected chi connectivity index (χ4v) is 4.16. The summed E-state index contributed by atoms with van der Waals surface area (Å²) in [6.07, 6.45) is -4.63. The summed E-state index contributed by atoms with van der Waals surface area (Å²) in [5.74, 6) is -0.251. The summed E-state index contributed by atoms with van der Waals surface area (Å²) in [5, 5.41) is 11.9. The molecule has 3 aromatic rings. The molecule has 3 heterocycles. The quantitative estimate of drug-likeness (QED) is 0.572. The smallest absolute Gasteiger partial charge is 0.417 e. The van der Waals surface area contributed by atoms with E-state index in [1.54, 1.807) is 24.3 Å². The van der Waals surface area contributed by atoms with Gasteiger partial charge in [-0.15, -0.1) is 0 Å². The predicted octanol–water partition coefficient (Wildman–Crippen LogP) is 4.29. The second-order valence-corrected chi connectivity index (χ2v) is 8.22. The number of rotatable bonds is 2. The summed E-state index contributed by atoms with van der Waals surface area (Å²) in [6, 6.07) is 14.6. The molecule has 8 nitrogen and oxygen atoms in total. The molecule has 1 aromatic heterocycles. The number of alkyl halides is 3. The molecule has 0 saturated carbocycles. The van der Waals surface area contributed by atoms with Crippen molar-refractivity contribution in [3.05, 3.63) is 76.9 Å². The number of nitrogens with one attached hydrogen (secondary N) is 1. The molecule has 1 saturated heterocycles. The third kappa shape index (κ3) is 4.29. The van der Waals surface area contributed by atoms with Crippen molar-refractivity contribution in [1.82, 2.24) is 9.88 Å². The lowest BCUT2D eigenvalue weighted by atomic mass is 10.1. The third-order valence-electron chi connectivity index (χ3n) is 6.01. The van der Waals surface area contributed by atoms with Crippen molar-refractivity contribution in [2.75, 3.05) is 36.4 Å². The van der Waals surface area contributed by atoms with Crippen molar-refractivity contribution in [1.29, 1.82) is 5.26 Å². The van der Waals surface area contributed by atoms with E-state index < -0.39 is 23.6 Å². The van der Waals surface area contributed by atoms with Crippen LogP contribution in [0, 0.1) is 11.3 Å². The minimum atomic E-state index is -4.63. The van der Waals surface area contributed by atoms with E-state index >= 15 is 0 Å². The first-order valence-electron chi connectivity index (χ1n) is 11.0. The number of nitriles is 1. The second kappa shape index (κ2) is 8.88. The maximum absolute atomic E-state index is 13.3. The maximum atomic E-state index is 13.3. The summed E-state index contributed by atoms with van der Waals surface area (Å²) in [5.41, 5.74) is -0.358. The molecule has 0 radical (unpaired) electrons. The van der Waals surface area contributed by atoms with E-state index in [9.17, 15) is 22.8 Å². The van der Waals surface area contributed by atoms with Crippen molar-refractivity contribution >= 4 is 23.3 Å². The molecule has 1 N–H and O–H groups in total. The molecule has 0 atom stereocenters. The van der Waals surface area contributed by atoms with Crippen LogP contribution in [-0.4, -0.2) is 47.9 Å². The van der Waals surface area contributed by atoms with Crippen LogP contribution in [0.1, 0.15) is 31.8 Å². The Balaban J connectivity index is 1.34. The first-order valence-corrected chi connectivity index (χ1v) is 11.0. The summed E-state index contributed by atoms with van der Waals surface area (Å²) in [4.78, 5) is 33.2. The number of carbonyl (C=O) groups excluding carboxylic acids is 2. The number of fused-ring (bicyclic) bond motifs is 2. The Hall–Kier alpha value is -4.59. The van der Waals surface area contributed by atoms with Crippen LogP contribution in [0.4, 0.5) is 24.7 Å². The fraction of sp³-hybridized carbons (Fsp3) is 0.200. The minimum Gasteiger partial charge on any atom is -0.436 e. The molecule has 36 heavy (non-hydrogen) atoms. The molecule has 11 heteroatoms. The molecule has 2 aliphatic rings. The highest BCUT2D eigenvalue weighted by molar-refractivity contribution is 6.07. The molecule has 1 fully saturated rings. The van der Waals surface area contributed by atoms with E-state index in [1.807, 2.05) is 11.0 Å². The highest BCUT2D eigenvalue weighted by Gasteiger charge is 2.36. The lowest BCUT2D eigenvalue weighted by Gasteiger charge is -2.36. The highest BCUT2D eigenvalue weighted by Crippen LogP contribution is 2.36. The number of piperazine rings is 1. The number of ether oxygens (including phenoxy) is 1. The molecule has 182 valence electrons. The number of hydrogen-bond acceptors (Lipinski definition) is 6. The van der Waals surface area contributed by atoms with Crippen LogP contribution in [-0.2, 0) is 6.18 Å². The van der Waals surface area contributed by atoms with Gasteiger partial charge in [0.2, 0.25) is 5.88 Å². The zero-order valence-electron chi connectivity index (χ0n) is 18.7. The van der Waals surface area contributed by atoms with Gasteiger partial charge < -0.3 is 19.9 Å². The number of pyridine rings is 1. The fourth-order valence-electron chi connectivity index (χ4n) is 4.16. The predicted molar refractivity (Wildman–Crippen MR) is 123 cm³/mol. The van der Waals surface area contributed by atoms with Gasteiger partial charge >= 0.3 is 6.18 Å². The van der Waals surface area contributed by atoms with Crippen LogP contribution in [0.5, 0.6) is 11.6 Å². The second-order valence-electron chi connectivity index (χ2n) is 8.22. The number of halogens is 3. The van der Waals surface area contributed by atoms with Crippen molar-refractivity contribution in [2.45, 2.75) is 6.18 Å². The highest BCUT2D eigenvalue weighted by atomic mass is 19.4. The van der Waals surface area contributed by atoms with Gasteiger partial charge in [-0.2, -0.15) is 23.4 Å². The number of anilines is 2. The molecule has 0 aliphatic carbocycles. The number of carbonyl (C=O) groups is 2. The molecule has 2 aromatic carbocycles. The molecule has 5 rings (SSSR count). The summed E-state index contributed by atoms with van der Waals surface area (Å²) in [6.45, 7) is 1.04. The average molecular weight is 493 g/mol. The molecular formula is C25H18F3N5O3. The largest absolute Gasteiger partial charge is 0.436 e. The summed E-state index contributed by atoms with van der Waals surface area (Å²) in [7, 11) is 0. The molecular weight excluding hydrogens is 475 g/mol. The normalized spacial score (nSPS) is 15.1. The maximum Gasteiger partial charge on any atom is 0.417 e. The van der Waals surface area contributed by atoms with Crippen LogP contribution in [0.15, 0.2) is 54.6 Å². The number of benzene rings is 2. The Morgan fingerprint density at radius 1 is 1.06 bits per heavy atom. The van der Waals surface area contributed by atoms with Crippen LogP contribution < -0.4 is 15.0 Å². The topological polar surface area (TPSA) is 98.6 Å². The van der Waals surface area contributed by atoms with Crippen molar-refractivity contribution in [2.24, 2.45) is 0 Å². The van der Waals surface area contributed by atoms with Gasteiger partial charge in [-0.05, 0) is 36.4 Å².